The molecule has 3 aromatic rings. The molecule has 2 amide bonds. The van der Waals surface area contributed by atoms with Crippen molar-refractivity contribution >= 4 is 11.8 Å². The zero-order chi connectivity index (χ0) is 23.4. The van der Waals surface area contributed by atoms with Crippen LogP contribution in [0, 0.1) is 6.92 Å². The number of rotatable bonds is 7. The summed E-state index contributed by atoms with van der Waals surface area (Å²) in [6.45, 7) is 3.57. The molecule has 2 heterocycles. The van der Waals surface area contributed by atoms with E-state index in [0.29, 0.717) is 32.5 Å². The average Bonchev–Trinajstić information content (AvgIpc) is 3.25. The Hall–Kier alpha value is -3.61. The molecule has 0 radical (unpaired) electrons. The number of hydrogen-bond donors (Lipinski definition) is 0. The Labute approximate surface area is 194 Å². The van der Waals surface area contributed by atoms with Gasteiger partial charge in [0.1, 0.15) is 11.8 Å². The molecule has 1 saturated heterocycles. The third-order valence-electron chi connectivity index (χ3n) is 6.28. The van der Waals surface area contributed by atoms with Gasteiger partial charge in [-0.2, -0.15) is 5.10 Å². The quantitative estimate of drug-likeness (QED) is 0.559. The third-order valence-corrected chi connectivity index (χ3v) is 6.28. The highest BCUT2D eigenvalue weighted by molar-refractivity contribution is 5.89. The predicted molar refractivity (Wildman–Crippen MR) is 127 cm³/mol. The second-order valence-electron chi connectivity index (χ2n) is 8.44. The summed E-state index contributed by atoms with van der Waals surface area (Å²) in [7, 11) is 3.45. The molecule has 1 atom stereocenters. The van der Waals surface area contributed by atoms with Crippen LogP contribution in [0.15, 0.2) is 60.8 Å². The summed E-state index contributed by atoms with van der Waals surface area (Å²) in [5, 5.41) is 4.26. The minimum atomic E-state index is -0.499. The summed E-state index contributed by atoms with van der Waals surface area (Å²) in [6, 6.07) is 17.5. The summed E-state index contributed by atoms with van der Waals surface area (Å²) in [4.78, 5) is 29.6. The van der Waals surface area contributed by atoms with E-state index in [9.17, 15) is 9.59 Å². The van der Waals surface area contributed by atoms with E-state index in [1.807, 2.05) is 54.1 Å². The summed E-state index contributed by atoms with van der Waals surface area (Å²) in [5.74, 6) is 0.785. The lowest BCUT2D eigenvalue weighted by atomic mass is 9.97. The molecule has 33 heavy (non-hydrogen) atoms. The lowest BCUT2D eigenvalue weighted by molar-refractivity contribution is -0.150. The molecule has 7 nitrogen and oxygen atoms in total. The van der Waals surface area contributed by atoms with Gasteiger partial charge in [-0.15, -0.1) is 0 Å². The molecule has 172 valence electrons. The number of benzene rings is 2. The summed E-state index contributed by atoms with van der Waals surface area (Å²) in [5.41, 5.74) is 4.19. The molecule has 0 spiro atoms. The van der Waals surface area contributed by atoms with Gasteiger partial charge in [0.2, 0.25) is 11.8 Å². The van der Waals surface area contributed by atoms with Crippen molar-refractivity contribution in [2.45, 2.75) is 32.4 Å². The van der Waals surface area contributed by atoms with Crippen LogP contribution in [0.4, 0.5) is 0 Å². The number of carbonyl (C=O) groups excluding carboxylic acids is 2. The average molecular weight is 447 g/mol. The van der Waals surface area contributed by atoms with Gasteiger partial charge < -0.3 is 14.5 Å². The van der Waals surface area contributed by atoms with Crippen LogP contribution in [0.2, 0.25) is 0 Å². The Bertz CT molecular complexity index is 1120. The van der Waals surface area contributed by atoms with E-state index in [4.69, 9.17) is 4.74 Å². The highest BCUT2D eigenvalue weighted by atomic mass is 16.5. The van der Waals surface area contributed by atoms with Gasteiger partial charge in [0.05, 0.1) is 7.11 Å². The van der Waals surface area contributed by atoms with E-state index >= 15 is 0 Å². The van der Waals surface area contributed by atoms with Crippen LogP contribution in [0.5, 0.6) is 5.75 Å². The molecule has 2 aromatic carbocycles. The van der Waals surface area contributed by atoms with Gasteiger partial charge in [-0.3, -0.25) is 14.3 Å². The van der Waals surface area contributed by atoms with E-state index in [2.05, 4.69) is 17.2 Å². The van der Waals surface area contributed by atoms with Crippen LogP contribution in [0.25, 0.3) is 11.1 Å². The largest absolute Gasteiger partial charge is 0.497 e. The van der Waals surface area contributed by atoms with Gasteiger partial charge in [-0.05, 0) is 41.8 Å². The van der Waals surface area contributed by atoms with E-state index in [1.165, 1.54) is 0 Å². The number of ether oxygens (including phenoxy) is 1. The van der Waals surface area contributed by atoms with Crippen LogP contribution in [0.1, 0.15) is 17.7 Å². The highest BCUT2D eigenvalue weighted by Gasteiger charge is 2.35. The fourth-order valence-corrected chi connectivity index (χ4v) is 4.27. The Morgan fingerprint density at radius 2 is 1.88 bits per heavy atom. The fourth-order valence-electron chi connectivity index (χ4n) is 4.27. The first-order valence-corrected chi connectivity index (χ1v) is 11.2. The molecule has 0 N–H and O–H groups in total. The van der Waals surface area contributed by atoms with Crippen LogP contribution < -0.4 is 4.74 Å². The van der Waals surface area contributed by atoms with Crippen molar-refractivity contribution < 1.29 is 14.3 Å². The van der Waals surface area contributed by atoms with Crippen molar-refractivity contribution in [3.63, 3.8) is 0 Å². The Kier molecular flexibility index (Phi) is 6.77. The first kappa shape index (κ1) is 22.6. The molecule has 0 unspecified atom stereocenters. The van der Waals surface area contributed by atoms with Crippen LogP contribution in [-0.4, -0.2) is 64.7 Å². The first-order valence-electron chi connectivity index (χ1n) is 11.2. The molecule has 0 aliphatic carbocycles. The number of piperazine rings is 1. The zero-order valence-electron chi connectivity index (χ0n) is 19.4. The monoisotopic (exact) mass is 446 g/mol. The van der Waals surface area contributed by atoms with Crippen LogP contribution in [0.3, 0.4) is 0 Å². The number of nitrogens with zero attached hydrogens (tertiary/aromatic N) is 4. The summed E-state index contributed by atoms with van der Waals surface area (Å²) in [6.07, 6.45) is 2.54. The van der Waals surface area contributed by atoms with Gasteiger partial charge >= 0.3 is 0 Å². The van der Waals surface area contributed by atoms with Crippen molar-refractivity contribution in [3.05, 3.63) is 72.1 Å². The minimum absolute atomic E-state index is 0.0114. The molecule has 0 bridgehead atoms. The van der Waals surface area contributed by atoms with E-state index in [1.54, 1.807) is 30.2 Å². The lowest BCUT2D eigenvalue weighted by Crippen LogP contribution is -2.58. The maximum atomic E-state index is 13.1. The molecule has 0 saturated carbocycles. The van der Waals surface area contributed by atoms with Gasteiger partial charge in [0.25, 0.3) is 0 Å². The molecule has 1 aromatic heterocycles. The number of amides is 2. The maximum absolute atomic E-state index is 13.1. The second-order valence-corrected chi connectivity index (χ2v) is 8.44. The Morgan fingerprint density at radius 1 is 1.09 bits per heavy atom. The number of likely N-dealkylation sites (N-methyl/N-ethyl adjacent to an activating group) is 1. The molecule has 1 fully saturated rings. The van der Waals surface area contributed by atoms with E-state index in [-0.39, 0.29) is 11.8 Å². The van der Waals surface area contributed by atoms with E-state index < -0.39 is 6.04 Å². The second kappa shape index (κ2) is 9.90. The van der Waals surface area contributed by atoms with Gasteiger partial charge in [0.15, 0.2) is 0 Å². The number of hydrogen-bond acceptors (Lipinski definition) is 4. The SMILES string of the molecule is COc1ccc(-c2cccc(C[C@@H]3C(=O)N(C)CCN3C(=O)CCn3nccc3C)c2)cc1. The highest BCUT2D eigenvalue weighted by Crippen LogP contribution is 2.25. The van der Waals surface area contributed by atoms with Crippen molar-refractivity contribution in [1.82, 2.24) is 19.6 Å². The standard InChI is InChI=1S/C26H30N4O3/c1-19-11-13-27-30(19)14-12-25(31)29-16-15-28(2)26(32)24(29)18-20-5-4-6-22(17-20)21-7-9-23(33-3)10-8-21/h4-11,13,17,24H,12,14-16,18H2,1-3H3/t24-/m1/s1. The van der Waals surface area contributed by atoms with Crippen molar-refractivity contribution in [3.8, 4) is 16.9 Å². The van der Waals surface area contributed by atoms with Gasteiger partial charge in [-0.1, -0.05) is 36.4 Å². The molecular weight excluding hydrogens is 416 g/mol. The zero-order valence-corrected chi connectivity index (χ0v) is 19.4. The van der Waals surface area contributed by atoms with Crippen molar-refractivity contribution in [2.24, 2.45) is 0 Å². The van der Waals surface area contributed by atoms with Crippen LogP contribution in [-0.2, 0) is 22.6 Å². The van der Waals surface area contributed by atoms with Gasteiger partial charge in [0, 0.05) is 51.4 Å². The number of aryl methyl sites for hydroxylation is 2. The number of aromatic nitrogens is 2. The first-order chi connectivity index (χ1) is 16.0. The van der Waals surface area contributed by atoms with Crippen LogP contribution >= 0.6 is 0 Å². The fraction of sp³-hybridized carbons (Fsp3) is 0.346. The molecule has 7 heteroatoms. The van der Waals surface area contributed by atoms with Crippen molar-refractivity contribution in [1.29, 1.82) is 0 Å². The smallest absolute Gasteiger partial charge is 0.245 e. The summed E-state index contributed by atoms with van der Waals surface area (Å²) >= 11 is 0. The topological polar surface area (TPSA) is 67.7 Å². The molecule has 1 aliphatic heterocycles. The van der Waals surface area contributed by atoms with E-state index in [0.717, 1.165) is 28.1 Å². The molecular formula is C26H30N4O3. The Balaban J connectivity index is 1.51. The van der Waals surface area contributed by atoms with Gasteiger partial charge in [-0.25, -0.2) is 0 Å². The third kappa shape index (κ3) is 5.08. The minimum Gasteiger partial charge on any atom is -0.497 e. The lowest BCUT2D eigenvalue weighted by Gasteiger charge is -2.39. The molecule has 4 rings (SSSR count). The normalized spacial score (nSPS) is 16.2. The number of carbonyl (C=O) groups is 2. The Morgan fingerprint density at radius 3 is 2.58 bits per heavy atom. The maximum Gasteiger partial charge on any atom is 0.245 e. The number of methoxy groups -OCH3 is 1. The van der Waals surface area contributed by atoms with Crippen molar-refractivity contribution in [2.75, 3.05) is 27.2 Å². The molecule has 1 aliphatic rings. The predicted octanol–water partition coefficient (Wildman–Crippen LogP) is 3.17. The summed E-state index contributed by atoms with van der Waals surface area (Å²) < 4.78 is 7.07.